The van der Waals surface area contributed by atoms with Crippen LogP contribution >= 0.6 is 0 Å². The fraction of sp³-hybridized carbons (Fsp3) is 0.389. The maximum Gasteiger partial charge on any atom is 0.169 e. The van der Waals surface area contributed by atoms with E-state index in [2.05, 4.69) is 19.9 Å². The highest BCUT2D eigenvalue weighted by molar-refractivity contribution is 5.83. The summed E-state index contributed by atoms with van der Waals surface area (Å²) in [6.45, 7) is 7.88. The number of hydrogen-bond acceptors (Lipinski definition) is 3. The standard InChI is InChI=1S/C18H22O3/c1-12(2)6-5-8-18(4)9-7-14-10-15(11-19)13(3)16(20)17(14)21-18/h6-7,9-11,20H,5,8H2,1-4H3. The monoisotopic (exact) mass is 286 g/mol. The van der Waals surface area contributed by atoms with Gasteiger partial charge in [-0.3, -0.25) is 4.79 Å². The second-order valence-corrected chi connectivity index (χ2v) is 6.04. The first-order chi connectivity index (χ1) is 9.86. The van der Waals surface area contributed by atoms with Crippen LogP contribution in [-0.4, -0.2) is 17.0 Å². The molecule has 0 aromatic heterocycles. The van der Waals surface area contributed by atoms with Crippen LogP contribution in [-0.2, 0) is 0 Å². The number of fused-ring (bicyclic) bond motifs is 1. The lowest BCUT2D eigenvalue weighted by atomic mass is 9.93. The molecule has 1 heterocycles. The van der Waals surface area contributed by atoms with Crippen molar-refractivity contribution in [3.8, 4) is 11.5 Å². The molecule has 3 nitrogen and oxygen atoms in total. The minimum absolute atomic E-state index is 0.0624. The van der Waals surface area contributed by atoms with E-state index in [-0.39, 0.29) is 5.75 Å². The molecule has 1 aromatic carbocycles. The van der Waals surface area contributed by atoms with Crippen LogP contribution in [0.5, 0.6) is 11.5 Å². The smallest absolute Gasteiger partial charge is 0.169 e. The Morgan fingerprint density at radius 3 is 2.76 bits per heavy atom. The van der Waals surface area contributed by atoms with Gasteiger partial charge in [-0.25, -0.2) is 0 Å². The number of carbonyl (C=O) groups is 1. The van der Waals surface area contributed by atoms with Gasteiger partial charge in [0.1, 0.15) is 11.9 Å². The molecule has 1 unspecified atom stereocenters. The minimum atomic E-state index is -0.439. The molecule has 0 spiro atoms. The van der Waals surface area contributed by atoms with Crippen LogP contribution in [0.4, 0.5) is 0 Å². The van der Waals surface area contributed by atoms with E-state index in [0.29, 0.717) is 16.9 Å². The van der Waals surface area contributed by atoms with Crippen LogP contribution in [0.15, 0.2) is 23.8 Å². The number of phenolic OH excluding ortho intramolecular Hbond substituents is 1. The van der Waals surface area contributed by atoms with Crippen molar-refractivity contribution in [2.45, 2.75) is 46.1 Å². The molecular weight excluding hydrogens is 264 g/mol. The molecule has 1 N–H and O–H groups in total. The molecule has 3 heteroatoms. The van der Waals surface area contributed by atoms with Gasteiger partial charge in [-0.2, -0.15) is 0 Å². The van der Waals surface area contributed by atoms with Crippen molar-refractivity contribution in [3.05, 3.63) is 40.5 Å². The minimum Gasteiger partial charge on any atom is -0.504 e. The summed E-state index contributed by atoms with van der Waals surface area (Å²) in [7, 11) is 0. The first kappa shape index (κ1) is 15.4. The van der Waals surface area contributed by atoms with E-state index in [4.69, 9.17) is 4.74 Å². The predicted octanol–water partition coefficient (Wildman–Crippen LogP) is 4.42. The van der Waals surface area contributed by atoms with Crippen molar-refractivity contribution < 1.29 is 14.6 Å². The molecule has 0 amide bonds. The largest absolute Gasteiger partial charge is 0.504 e. The zero-order valence-corrected chi connectivity index (χ0v) is 13.1. The molecule has 0 saturated carbocycles. The summed E-state index contributed by atoms with van der Waals surface area (Å²) in [5.41, 5.74) is 2.65. The van der Waals surface area contributed by atoms with Gasteiger partial charge in [0.15, 0.2) is 11.5 Å². The highest BCUT2D eigenvalue weighted by Gasteiger charge is 2.29. The summed E-state index contributed by atoms with van der Waals surface area (Å²) in [6.07, 6.45) is 8.61. The third kappa shape index (κ3) is 3.18. The van der Waals surface area contributed by atoms with E-state index < -0.39 is 5.60 Å². The predicted molar refractivity (Wildman–Crippen MR) is 85.0 cm³/mol. The lowest BCUT2D eigenvalue weighted by Gasteiger charge is -2.32. The normalized spacial score (nSPS) is 19.6. The van der Waals surface area contributed by atoms with Crippen molar-refractivity contribution in [1.82, 2.24) is 0 Å². The van der Waals surface area contributed by atoms with E-state index in [9.17, 15) is 9.90 Å². The average Bonchev–Trinajstić information content (AvgIpc) is 2.43. The second-order valence-electron chi connectivity index (χ2n) is 6.04. The first-order valence-corrected chi connectivity index (χ1v) is 7.19. The molecule has 1 aliphatic rings. The van der Waals surface area contributed by atoms with Crippen LogP contribution in [0.1, 0.15) is 55.1 Å². The highest BCUT2D eigenvalue weighted by Crippen LogP contribution is 2.42. The molecule has 1 atom stereocenters. The molecule has 2 rings (SSSR count). The Bertz CT molecular complexity index is 622. The van der Waals surface area contributed by atoms with Gasteiger partial charge >= 0.3 is 0 Å². The SMILES string of the molecule is CC(C)=CCCC1(C)C=Cc2cc(C=O)c(C)c(O)c2O1. The topological polar surface area (TPSA) is 46.5 Å². The Morgan fingerprint density at radius 2 is 2.14 bits per heavy atom. The van der Waals surface area contributed by atoms with Crippen molar-refractivity contribution >= 4 is 12.4 Å². The number of phenols is 1. The number of benzene rings is 1. The van der Waals surface area contributed by atoms with Crippen molar-refractivity contribution in [2.24, 2.45) is 0 Å². The summed E-state index contributed by atoms with van der Waals surface area (Å²) in [6, 6.07) is 1.75. The molecule has 0 aliphatic carbocycles. The maximum absolute atomic E-state index is 11.0. The molecule has 0 bridgehead atoms. The highest BCUT2D eigenvalue weighted by atomic mass is 16.5. The fourth-order valence-electron chi connectivity index (χ4n) is 2.45. The van der Waals surface area contributed by atoms with Gasteiger partial charge < -0.3 is 9.84 Å². The molecule has 112 valence electrons. The zero-order chi connectivity index (χ0) is 15.6. The Labute approximate surface area is 125 Å². The number of rotatable bonds is 4. The average molecular weight is 286 g/mol. The number of ether oxygens (including phenoxy) is 1. The molecule has 21 heavy (non-hydrogen) atoms. The summed E-state index contributed by atoms with van der Waals surface area (Å²) >= 11 is 0. The Balaban J connectivity index is 2.30. The molecule has 1 aromatic rings. The van der Waals surface area contributed by atoms with Crippen LogP contribution in [0.25, 0.3) is 6.08 Å². The Hall–Kier alpha value is -2.03. The molecule has 0 radical (unpaired) electrons. The van der Waals surface area contributed by atoms with Gasteiger partial charge in [0.2, 0.25) is 0 Å². The maximum atomic E-state index is 11.0. The van der Waals surface area contributed by atoms with E-state index in [1.54, 1.807) is 13.0 Å². The van der Waals surface area contributed by atoms with E-state index in [0.717, 1.165) is 24.7 Å². The number of carbonyl (C=O) groups excluding carboxylic acids is 1. The number of aldehydes is 1. The van der Waals surface area contributed by atoms with Crippen molar-refractivity contribution in [3.63, 3.8) is 0 Å². The van der Waals surface area contributed by atoms with Gasteiger partial charge in [-0.1, -0.05) is 17.7 Å². The van der Waals surface area contributed by atoms with Crippen LogP contribution in [0.3, 0.4) is 0 Å². The van der Waals surface area contributed by atoms with Gasteiger partial charge in [-0.05, 0) is 52.7 Å². The van der Waals surface area contributed by atoms with Gasteiger partial charge in [0, 0.05) is 16.7 Å². The van der Waals surface area contributed by atoms with E-state index >= 15 is 0 Å². The lowest BCUT2D eigenvalue weighted by Crippen LogP contribution is -2.31. The van der Waals surface area contributed by atoms with Crippen LogP contribution in [0, 0.1) is 6.92 Å². The number of aromatic hydroxyl groups is 1. The lowest BCUT2D eigenvalue weighted by molar-refractivity contribution is 0.112. The number of allylic oxidation sites excluding steroid dienone is 2. The summed E-state index contributed by atoms with van der Waals surface area (Å²) in [4.78, 5) is 11.0. The Kier molecular flexibility index (Phi) is 4.21. The third-order valence-electron chi connectivity index (χ3n) is 3.85. The molecule has 0 fully saturated rings. The summed E-state index contributed by atoms with van der Waals surface area (Å²) < 4.78 is 6.03. The first-order valence-electron chi connectivity index (χ1n) is 7.19. The third-order valence-corrected chi connectivity index (χ3v) is 3.85. The molecular formula is C18H22O3. The van der Waals surface area contributed by atoms with E-state index in [1.165, 1.54) is 5.57 Å². The zero-order valence-electron chi connectivity index (χ0n) is 13.1. The van der Waals surface area contributed by atoms with Crippen LogP contribution in [0.2, 0.25) is 0 Å². The quantitative estimate of drug-likeness (QED) is 0.658. The van der Waals surface area contributed by atoms with E-state index in [1.807, 2.05) is 19.1 Å². The van der Waals surface area contributed by atoms with Crippen molar-refractivity contribution in [1.29, 1.82) is 0 Å². The van der Waals surface area contributed by atoms with Gasteiger partial charge in [0.25, 0.3) is 0 Å². The van der Waals surface area contributed by atoms with Gasteiger partial charge in [0.05, 0.1) is 0 Å². The summed E-state index contributed by atoms with van der Waals surface area (Å²) in [5, 5.41) is 10.3. The van der Waals surface area contributed by atoms with Gasteiger partial charge in [-0.15, -0.1) is 0 Å². The molecule has 0 saturated heterocycles. The van der Waals surface area contributed by atoms with Crippen molar-refractivity contribution in [2.75, 3.05) is 0 Å². The van der Waals surface area contributed by atoms with Crippen LogP contribution < -0.4 is 4.74 Å². The number of hydrogen-bond donors (Lipinski definition) is 1. The second kappa shape index (κ2) is 5.76. The Morgan fingerprint density at radius 1 is 1.43 bits per heavy atom. The molecule has 1 aliphatic heterocycles. The fourth-order valence-corrected chi connectivity index (χ4v) is 2.45. The summed E-state index contributed by atoms with van der Waals surface area (Å²) in [5.74, 6) is 0.535.